The minimum absolute atomic E-state index is 0.0116. The average molecular weight is 323 g/mol. The third-order valence-corrected chi connectivity index (χ3v) is 3.63. The van der Waals surface area contributed by atoms with Crippen molar-refractivity contribution in [3.63, 3.8) is 0 Å². The molecule has 0 radical (unpaired) electrons. The van der Waals surface area contributed by atoms with Crippen molar-refractivity contribution in [1.82, 2.24) is 10.3 Å². The first kappa shape index (κ1) is 12.3. The minimum atomic E-state index is -0.401. The quantitative estimate of drug-likeness (QED) is 0.669. The highest BCUT2D eigenvalue weighted by atomic mass is 79.9. The SMILES string of the molecule is O=[N+]([O-])c1cnc2ccc(Br)cc2c1NC1CNC1. The zero-order chi connectivity index (χ0) is 13.4. The van der Waals surface area contributed by atoms with Crippen molar-refractivity contribution in [2.24, 2.45) is 0 Å². The van der Waals surface area contributed by atoms with E-state index in [1.807, 2.05) is 18.2 Å². The summed E-state index contributed by atoms with van der Waals surface area (Å²) in [6, 6.07) is 5.79. The van der Waals surface area contributed by atoms with Crippen LogP contribution in [0.4, 0.5) is 11.4 Å². The van der Waals surface area contributed by atoms with Gasteiger partial charge in [-0.25, -0.2) is 4.98 Å². The molecule has 1 fully saturated rings. The number of hydrogen-bond donors (Lipinski definition) is 2. The van der Waals surface area contributed by atoms with E-state index in [-0.39, 0.29) is 11.7 Å². The van der Waals surface area contributed by atoms with Gasteiger partial charge >= 0.3 is 5.69 Å². The van der Waals surface area contributed by atoms with Gasteiger partial charge in [-0.3, -0.25) is 10.1 Å². The lowest BCUT2D eigenvalue weighted by molar-refractivity contribution is -0.384. The molecular weight excluding hydrogens is 312 g/mol. The van der Waals surface area contributed by atoms with E-state index in [9.17, 15) is 10.1 Å². The van der Waals surface area contributed by atoms with Gasteiger partial charge < -0.3 is 10.6 Å². The molecule has 0 atom stereocenters. The summed E-state index contributed by atoms with van der Waals surface area (Å²) in [5.41, 5.74) is 1.30. The topological polar surface area (TPSA) is 80.1 Å². The van der Waals surface area contributed by atoms with Crippen LogP contribution in [0.15, 0.2) is 28.9 Å². The van der Waals surface area contributed by atoms with Crippen LogP contribution in [0, 0.1) is 10.1 Å². The summed E-state index contributed by atoms with van der Waals surface area (Å²) in [7, 11) is 0. The average Bonchev–Trinajstić information content (AvgIpc) is 2.33. The summed E-state index contributed by atoms with van der Waals surface area (Å²) >= 11 is 3.39. The molecule has 0 spiro atoms. The van der Waals surface area contributed by atoms with Crippen molar-refractivity contribution in [3.05, 3.63) is 39.0 Å². The Kier molecular flexibility index (Phi) is 3.08. The molecule has 7 heteroatoms. The fourth-order valence-corrected chi connectivity index (χ4v) is 2.40. The molecule has 2 N–H and O–H groups in total. The second-order valence-corrected chi connectivity index (χ2v) is 5.35. The number of pyridine rings is 1. The van der Waals surface area contributed by atoms with E-state index in [4.69, 9.17) is 0 Å². The summed E-state index contributed by atoms with van der Waals surface area (Å²) in [5, 5.41) is 18.3. The second kappa shape index (κ2) is 4.75. The van der Waals surface area contributed by atoms with E-state index >= 15 is 0 Å². The fourth-order valence-electron chi connectivity index (χ4n) is 2.04. The Morgan fingerprint density at radius 1 is 1.47 bits per heavy atom. The first-order valence-corrected chi connectivity index (χ1v) is 6.64. The number of fused-ring (bicyclic) bond motifs is 1. The van der Waals surface area contributed by atoms with E-state index < -0.39 is 4.92 Å². The van der Waals surface area contributed by atoms with Crippen LogP contribution < -0.4 is 10.6 Å². The smallest absolute Gasteiger partial charge is 0.311 e. The third-order valence-electron chi connectivity index (χ3n) is 3.14. The lowest BCUT2D eigenvalue weighted by atomic mass is 10.1. The number of aromatic nitrogens is 1. The summed E-state index contributed by atoms with van der Waals surface area (Å²) in [6.07, 6.45) is 1.31. The number of nitrogens with one attached hydrogen (secondary N) is 2. The number of nitro groups is 1. The van der Waals surface area contributed by atoms with E-state index in [0.717, 1.165) is 28.5 Å². The van der Waals surface area contributed by atoms with Gasteiger partial charge in [-0.15, -0.1) is 0 Å². The Bertz CT molecular complexity index is 657. The Balaban J connectivity index is 2.17. The van der Waals surface area contributed by atoms with Crippen molar-refractivity contribution >= 4 is 38.2 Å². The Morgan fingerprint density at radius 2 is 2.26 bits per heavy atom. The van der Waals surface area contributed by atoms with E-state index in [1.165, 1.54) is 6.20 Å². The van der Waals surface area contributed by atoms with Gasteiger partial charge in [0.1, 0.15) is 11.9 Å². The Hall–Kier alpha value is -1.73. The van der Waals surface area contributed by atoms with E-state index in [1.54, 1.807) is 0 Å². The van der Waals surface area contributed by atoms with Gasteiger partial charge in [0.25, 0.3) is 0 Å². The fraction of sp³-hybridized carbons (Fsp3) is 0.250. The number of nitrogens with zero attached hydrogens (tertiary/aromatic N) is 2. The molecule has 0 unspecified atom stereocenters. The molecule has 0 bridgehead atoms. The molecule has 2 heterocycles. The molecular formula is C12H11BrN4O2. The lowest BCUT2D eigenvalue weighted by Gasteiger charge is -2.29. The zero-order valence-corrected chi connectivity index (χ0v) is 11.5. The molecule has 19 heavy (non-hydrogen) atoms. The van der Waals surface area contributed by atoms with Gasteiger partial charge in [-0.05, 0) is 18.2 Å². The van der Waals surface area contributed by atoms with Gasteiger partial charge in [0.2, 0.25) is 0 Å². The molecule has 3 rings (SSSR count). The van der Waals surface area contributed by atoms with Gasteiger partial charge in [0.05, 0.1) is 16.5 Å². The van der Waals surface area contributed by atoms with Gasteiger partial charge in [-0.1, -0.05) is 15.9 Å². The monoisotopic (exact) mass is 322 g/mol. The van der Waals surface area contributed by atoms with Crippen molar-refractivity contribution in [2.75, 3.05) is 18.4 Å². The first-order chi connectivity index (χ1) is 9.15. The van der Waals surface area contributed by atoms with Crippen molar-refractivity contribution in [2.45, 2.75) is 6.04 Å². The van der Waals surface area contributed by atoms with Gasteiger partial charge in [0, 0.05) is 22.9 Å². The number of anilines is 1. The maximum absolute atomic E-state index is 11.1. The van der Waals surface area contributed by atoms with Crippen LogP contribution in [0.5, 0.6) is 0 Å². The molecule has 6 nitrogen and oxygen atoms in total. The predicted octanol–water partition coefficient (Wildman–Crippen LogP) is 2.29. The summed E-state index contributed by atoms with van der Waals surface area (Å²) in [5.74, 6) is 0. The normalized spacial score (nSPS) is 15.2. The van der Waals surface area contributed by atoms with Crippen LogP contribution in [0.3, 0.4) is 0 Å². The highest BCUT2D eigenvalue weighted by Crippen LogP contribution is 2.33. The summed E-state index contributed by atoms with van der Waals surface area (Å²) in [4.78, 5) is 14.9. The molecule has 1 aliphatic heterocycles. The summed E-state index contributed by atoms with van der Waals surface area (Å²) in [6.45, 7) is 1.63. The molecule has 98 valence electrons. The zero-order valence-electron chi connectivity index (χ0n) is 9.89. The maximum atomic E-state index is 11.1. The molecule has 0 aliphatic carbocycles. The second-order valence-electron chi connectivity index (χ2n) is 4.44. The van der Waals surface area contributed by atoms with Crippen LogP contribution in [0.2, 0.25) is 0 Å². The molecule has 1 aromatic carbocycles. The number of benzene rings is 1. The van der Waals surface area contributed by atoms with E-state index in [0.29, 0.717) is 5.69 Å². The summed E-state index contributed by atoms with van der Waals surface area (Å²) < 4.78 is 0.872. The highest BCUT2D eigenvalue weighted by Gasteiger charge is 2.23. The molecule has 1 aromatic heterocycles. The minimum Gasteiger partial charge on any atom is -0.374 e. The molecule has 1 saturated heterocycles. The molecule has 1 aliphatic rings. The molecule has 2 aromatic rings. The van der Waals surface area contributed by atoms with Crippen molar-refractivity contribution in [3.8, 4) is 0 Å². The third kappa shape index (κ3) is 2.26. The first-order valence-electron chi connectivity index (χ1n) is 5.85. The maximum Gasteiger partial charge on any atom is 0.311 e. The Labute approximate surface area is 117 Å². The van der Waals surface area contributed by atoms with Crippen LogP contribution in [-0.4, -0.2) is 29.0 Å². The van der Waals surface area contributed by atoms with Gasteiger partial charge in [0.15, 0.2) is 0 Å². The predicted molar refractivity (Wildman–Crippen MR) is 76.4 cm³/mol. The largest absolute Gasteiger partial charge is 0.374 e. The van der Waals surface area contributed by atoms with Crippen LogP contribution in [0.25, 0.3) is 10.9 Å². The number of hydrogen-bond acceptors (Lipinski definition) is 5. The van der Waals surface area contributed by atoms with Gasteiger partial charge in [-0.2, -0.15) is 0 Å². The van der Waals surface area contributed by atoms with E-state index in [2.05, 4.69) is 31.5 Å². The standard InChI is InChI=1S/C12H11BrN4O2/c13-7-1-2-10-9(3-7)12(16-8-4-14-5-8)11(6-15-10)17(18)19/h1-3,6,8,14H,4-5H2,(H,15,16). The van der Waals surface area contributed by atoms with Crippen molar-refractivity contribution < 1.29 is 4.92 Å². The number of halogens is 1. The van der Waals surface area contributed by atoms with Crippen LogP contribution in [-0.2, 0) is 0 Å². The van der Waals surface area contributed by atoms with Crippen molar-refractivity contribution in [1.29, 1.82) is 0 Å². The number of rotatable bonds is 3. The molecule has 0 amide bonds. The lowest BCUT2D eigenvalue weighted by Crippen LogP contribution is -2.51. The van der Waals surface area contributed by atoms with Crippen LogP contribution in [0.1, 0.15) is 0 Å². The molecule has 0 saturated carbocycles. The highest BCUT2D eigenvalue weighted by molar-refractivity contribution is 9.10. The Morgan fingerprint density at radius 3 is 2.89 bits per heavy atom. The van der Waals surface area contributed by atoms with Crippen LogP contribution >= 0.6 is 15.9 Å².